The van der Waals surface area contributed by atoms with Gasteiger partial charge in [-0.2, -0.15) is 0 Å². The molecule has 0 aromatic heterocycles. The first-order chi connectivity index (χ1) is 14.0. The number of rotatable bonds is 3. The van der Waals surface area contributed by atoms with Crippen molar-refractivity contribution in [1.29, 1.82) is 0 Å². The molecule has 0 bridgehead atoms. The minimum atomic E-state index is -0.899. The van der Waals surface area contributed by atoms with Crippen molar-refractivity contribution >= 4 is 0 Å². The van der Waals surface area contributed by atoms with Gasteiger partial charge in [-0.25, -0.2) is 0 Å². The molecule has 3 saturated carbocycles. The number of hydrogen-bond acceptors (Lipinski definition) is 2. The van der Waals surface area contributed by atoms with Crippen molar-refractivity contribution in [2.45, 2.75) is 97.7 Å². The van der Waals surface area contributed by atoms with Crippen molar-refractivity contribution in [3.05, 3.63) is 35.5 Å². The van der Waals surface area contributed by atoms with Crippen LogP contribution in [0.2, 0.25) is 0 Å². The van der Waals surface area contributed by atoms with E-state index in [-0.39, 0.29) is 6.10 Å². The van der Waals surface area contributed by atoms with Crippen LogP contribution in [0, 0.1) is 40.9 Å². The Morgan fingerprint density at radius 3 is 2.73 bits per heavy atom. The van der Waals surface area contributed by atoms with Gasteiger partial charge < -0.3 is 10.2 Å². The fraction of sp³-hybridized carbons (Fsp3) is 0.714. The zero-order valence-corrected chi connectivity index (χ0v) is 19.8. The molecule has 0 amide bonds. The molecule has 0 aromatic carbocycles. The minimum Gasteiger partial charge on any atom is -0.388 e. The third kappa shape index (κ3) is 5.12. The van der Waals surface area contributed by atoms with Crippen LogP contribution in [-0.4, -0.2) is 21.9 Å². The van der Waals surface area contributed by atoms with Crippen molar-refractivity contribution in [2.24, 2.45) is 29.1 Å². The summed E-state index contributed by atoms with van der Waals surface area (Å²) in [5, 5.41) is 20.2. The molecule has 0 aromatic rings. The molecule has 166 valence electrons. The summed E-state index contributed by atoms with van der Waals surface area (Å²) in [7, 11) is 0. The van der Waals surface area contributed by atoms with E-state index in [1.54, 1.807) is 19.4 Å². The predicted molar refractivity (Wildman–Crippen MR) is 126 cm³/mol. The normalized spacial score (nSPS) is 38.3. The zero-order chi connectivity index (χ0) is 22.1. The average molecular weight is 411 g/mol. The Hall–Kier alpha value is -1.30. The summed E-state index contributed by atoms with van der Waals surface area (Å²) >= 11 is 0. The summed E-state index contributed by atoms with van der Waals surface area (Å²) in [6, 6.07) is 0. The first-order valence-electron chi connectivity index (χ1n) is 12.0. The second-order valence-electron chi connectivity index (χ2n) is 11.2. The van der Waals surface area contributed by atoms with Crippen LogP contribution in [0.25, 0.3) is 0 Å². The number of aliphatic hydroxyl groups excluding tert-OH is 1. The molecule has 3 fully saturated rings. The summed E-state index contributed by atoms with van der Waals surface area (Å²) in [5.41, 5.74) is 3.23. The van der Waals surface area contributed by atoms with Crippen LogP contribution in [0.4, 0.5) is 0 Å². The number of allylic oxidation sites excluding steroid dienone is 3. The van der Waals surface area contributed by atoms with Gasteiger partial charge in [0, 0.05) is 6.42 Å². The van der Waals surface area contributed by atoms with Crippen molar-refractivity contribution in [2.75, 3.05) is 0 Å². The van der Waals surface area contributed by atoms with E-state index in [1.165, 1.54) is 37.7 Å². The van der Waals surface area contributed by atoms with Crippen LogP contribution < -0.4 is 0 Å². The highest BCUT2D eigenvalue weighted by molar-refractivity contribution is 5.38. The van der Waals surface area contributed by atoms with Gasteiger partial charge in [-0.05, 0) is 99.0 Å². The van der Waals surface area contributed by atoms with Crippen LogP contribution in [0.1, 0.15) is 86.0 Å². The fourth-order valence-electron chi connectivity index (χ4n) is 6.49. The Balaban J connectivity index is 1.75. The molecule has 3 aliphatic rings. The van der Waals surface area contributed by atoms with E-state index in [0.717, 1.165) is 24.8 Å². The van der Waals surface area contributed by atoms with Crippen molar-refractivity contribution in [1.82, 2.24) is 0 Å². The third-order valence-corrected chi connectivity index (χ3v) is 8.05. The molecule has 0 heterocycles. The molecule has 30 heavy (non-hydrogen) atoms. The largest absolute Gasteiger partial charge is 0.388 e. The van der Waals surface area contributed by atoms with Gasteiger partial charge in [0.15, 0.2) is 0 Å². The van der Waals surface area contributed by atoms with E-state index < -0.39 is 5.60 Å². The monoisotopic (exact) mass is 410 g/mol. The maximum Gasteiger partial charge on any atom is 0.119 e. The number of aliphatic hydroxyl groups is 2. The summed E-state index contributed by atoms with van der Waals surface area (Å²) in [6.07, 6.45) is 13.3. The van der Waals surface area contributed by atoms with E-state index in [4.69, 9.17) is 0 Å². The first kappa shape index (κ1) is 23.4. The van der Waals surface area contributed by atoms with Crippen LogP contribution in [-0.2, 0) is 0 Å². The Kier molecular flexibility index (Phi) is 7.05. The van der Waals surface area contributed by atoms with Gasteiger partial charge in [-0.3, -0.25) is 0 Å². The van der Waals surface area contributed by atoms with Crippen LogP contribution >= 0.6 is 0 Å². The molecule has 0 spiro atoms. The maximum absolute atomic E-state index is 10.3. The lowest BCUT2D eigenvalue weighted by atomic mass is 9.61. The summed E-state index contributed by atoms with van der Waals surface area (Å²) in [6.45, 7) is 14.8. The molecule has 2 heteroatoms. The molecule has 1 unspecified atom stereocenters. The lowest BCUT2D eigenvalue weighted by molar-refractivity contribution is 0.0990. The predicted octanol–water partition coefficient (Wildman–Crippen LogP) is 6.20. The SMILES string of the molecule is C=C1/C(=C\C=C2/CCC[C@@]3(C)C2CC[C@@H]3[C@H](C)CC#CC(C)(C)O)C[C@@H](C)C[C@@H]1O. The standard InChI is InChI=1S/C28H42O2/c1-19-17-23(21(3)26(29)18-19)12-11-22-10-8-16-28(6)24(13-14-25(22)28)20(2)9-7-15-27(4,5)30/h11-12,19-20,24-26,29-30H,3,8-10,13-14,16-18H2,1-2,4-6H3/b22-11+,23-12-/t19-,20-,24-,25?,26+,28-/m1/s1. The van der Waals surface area contributed by atoms with Crippen LogP contribution in [0.5, 0.6) is 0 Å². The Labute approximate surface area is 184 Å². The van der Waals surface area contributed by atoms with Gasteiger partial charge in [0.1, 0.15) is 5.60 Å². The van der Waals surface area contributed by atoms with Crippen molar-refractivity contribution in [3.8, 4) is 11.8 Å². The topological polar surface area (TPSA) is 40.5 Å². The van der Waals surface area contributed by atoms with Gasteiger partial charge in [-0.15, -0.1) is 5.92 Å². The quantitative estimate of drug-likeness (QED) is 0.544. The number of hydrogen-bond donors (Lipinski definition) is 2. The lowest BCUT2D eigenvalue weighted by Crippen LogP contribution is -2.36. The summed E-state index contributed by atoms with van der Waals surface area (Å²) in [5.74, 6) is 8.68. The Morgan fingerprint density at radius 1 is 1.30 bits per heavy atom. The van der Waals surface area contributed by atoms with E-state index >= 15 is 0 Å². The molecule has 6 atom stereocenters. The first-order valence-corrected chi connectivity index (χ1v) is 12.0. The van der Waals surface area contributed by atoms with Gasteiger partial charge in [0.25, 0.3) is 0 Å². The van der Waals surface area contributed by atoms with E-state index in [2.05, 4.69) is 51.3 Å². The molecule has 0 aliphatic heterocycles. The molecule has 2 nitrogen and oxygen atoms in total. The highest BCUT2D eigenvalue weighted by Crippen LogP contribution is 2.59. The van der Waals surface area contributed by atoms with Crippen LogP contribution in [0.15, 0.2) is 35.5 Å². The Bertz CT molecular complexity index is 769. The highest BCUT2D eigenvalue weighted by Gasteiger charge is 2.50. The lowest BCUT2D eigenvalue weighted by Gasteiger charge is -2.44. The third-order valence-electron chi connectivity index (χ3n) is 8.05. The summed E-state index contributed by atoms with van der Waals surface area (Å²) < 4.78 is 0. The Morgan fingerprint density at radius 2 is 2.03 bits per heavy atom. The molecular formula is C28H42O2. The molecule has 3 aliphatic carbocycles. The molecular weight excluding hydrogens is 368 g/mol. The second-order valence-corrected chi connectivity index (χ2v) is 11.2. The average Bonchev–Trinajstić information content (AvgIpc) is 3.00. The van der Waals surface area contributed by atoms with Gasteiger partial charge in [0.2, 0.25) is 0 Å². The molecule has 2 N–H and O–H groups in total. The number of fused-ring (bicyclic) bond motifs is 1. The molecule has 0 radical (unpaired) electrons. The van der Waals surface area contributed by atoms with Crippen molar-refractivity contribution < 1.29 is 10.2 Å². The maximum atomic E-state index is 10.3. The summed E-state index contributed by atoms with van der Waals surface area (Å²) in [4.78, 5) is 0. The molecule has 3 rings (SSSR count). The van der Waals surface area contributed by atoms with E-state index in [0.29, 0.717) is 29.1 Å². The van der Waals surface area contributed by atoms with Crippen molar-refractivity contribution in [3.63, 3.8) is 0 Å². The van der Waals surface area contributed by atoms with Gasteiger partial charge >= 0.3 is 0 Å². The fourth-order valence-corrected chi connectivity index (χ4v) is 6.49. The van der Waals surface area contributed by atoms with Gasteiger partial charge in [-0.1, -0.05) is 51.0 Å². The van der Waals surface area contributed by atoms with Gasteiger partial charge in [0.05, 0.1) is 6.10 Å². The highest BCUT2D eigenvalue weighted by atomic mass is 16.3. The smallest absolute Gasteiger partial charge is 0.119 e. The molecule has 0 saturated heterocycles. The van der Waals surface area contributed by atoms with E-state index in [9.17, 15) is 10.2 Å². The second kappa shape index (κ2) is 9.05. The van der Waals surface area contributed by atoms with E-state index in [1.807, 2.05) is 0 Å². The zero-order valence-electron chi connectivity index (χ0n) is 19.8. The minimum absolute atomic E-state index is 0.356. The van der Waals surface area contributed by atoms with Crippen LogP contribution in [0.3, 0.4) is 0 Å².